The minimum Gasteiger partial charge on any atom is -0.478 e. The minimum atomic E-state index is -1.73. The second-order valence-corrected chi connectivity index (χ2v) is 4.11. The fourth-order valence-electron chi connectivity index (χ4n) is 1.65. The van der Waals surface area contributed by atoms with Crippen LogP contribution in [0, 0.1) is 30.2 Å². The molecular formula is C14H8F4O3. The van der Waals surface area contributed by atoms with E-state index in [2.05, 4.69) is 0 Å². The molecule has 2 aromatic carbocycles. The number of ether oxygens (including phenoxy) is 1. The van der Waals surface area contributed by atoms with Crippen LogP contribution in [0.25, 0.3) is 0 Å². The van der Waals surface area contributed by atoms with Gasteiger partial charge >= 0.3 is 5.97 Å². The van der Waals surface area contributed by atoms with Gasteiger partial charge in [-0.2, -0.15) is 8.78 Å². The van der Waals surface area contributed by atoms with Gasteiger partial charge in [-0.1, -0.05) is 12.1 Å². The summed E-state index contributed by atoms with van der Waals surface area (Å²) < 4.78 is 58.9. The van der Waals surface area contributed by atoms with Crippen LogP contribution < -0.4 is 4.74 Å². The number of hydrogen-bond acceptors (Lipinski definition) is 2. The molecule has 0 unspecified atom stereocenters. The number of aromatic carboxylic acids is 1. The maximum absolute atomic E-state index is 13.7. The predicted molar refractivity (Wildman–Crippen MR) is 64.5 cm³/mol. The molecule has 21 heavy (non-hydrogen) atoms. The molecule has 0 spiro atoms. The summed E-state index contributed by atoms with van der Waals surface area (Å²) in [4.78, 5) is 11.0. The monoisotopic (exact) mass is 300 g/mol. The van der Waals surface area contributed by atoms with Gasteiger partial charge in [0.15, 0.2) is 11.6 Å². The van der Waals surface area contributed by atoms with Crippen molar-refractivity contribution < 1.29 is 32.2 Å². The number of carboxylic acid groups (broad SMARTS) is 1. The van der Waals surface area contributed by atoms with E-state index in [0.29, 0.717) is 0 Å². The van der Waals surface area contributed by atoms with Crippen LogP contribution in [0.5, 0.6) is 11.5 Å². The van der Waals surface area contributed by atoms with Gasteiger partial charge in [0.2, 0.25) is 17.4 Å². The number of halogens is 4. The van der Waals surface area contributed by atoms with E-state index >= 15 is 0 Å². The van der Waals surface area contributed by atoms with E-state index in [-0.39, 0.29) is 0 Å². The van der Waals surface area contributed by atoms with Gasteiger partial charge in [0, 0.05) is 5.56 Å². The average molecular weight is 300 g/mol. The second-order valence-electron chi connectivity index (χ2n) is 4.11. The Bertz CT molecular complexity index is 699. The van der Waals surface area contributed by atoms with Crippen LogP contribution in [-0.2, 0) is 0 Å². The van der Waals surface area contributed by atoms with E-state index in [0.717, 1.165) is 19.1 Å². The Hall–Kier alpha value is -2.57. The maximum Gasteiger partial charge on any atom is 0.339 e. The third-order valence-electron chi connectivity index (χ3n) is 2.77. The van der Waals surface area contributed by atoms with Crippen LogP contribution >= 0.6 is 0 Å². The van der Waals surface area contributed by atoms with Crippen molar-refractivity contribution in [3.8, 4) is 11.5 Å². The molecule has 0 bridgehead atoms. The number of para-hydroxylation sites is 1. The van der Waals surface area contributed by atoms with Crippen molar-refractivity contribution in [1.29, 1.82) is 0 Å². The number of benzene rings is 2. The molecule has 3 nitrogen and oxygen atoms in total. The molecule has 0 atom stereocenters. The number of carboxylic acids is 1. The zero-order valence-corrected chi connectivity index (χ0v) is 10.6. The summed E-state index contributed by atoms with van der Waals surface area (Å²) in [5, 5.41) is 8.92. The smallest absolute Gasteiger partial charge is 0.339 e. The van der Waals surface area contributed by atoms with Crippen molar-refractivity contribution in [2.45, 2.75) is 6.92 Å². The molecule has 0 amide bonds. The lowest BCUT2D eigenvalue weighted by atomic mass is 10.1. The summed E-state index contributed by atoms with van der Waals surface area (Å²) in [6.45, 7) is 0.867. The fraction of sp³-hybridized carbons (Fsp3) is 0.0714. The van der Waals surface area contributed by atoms with Gasteiger partial charge in [0.25, 0.3) is 0 Å². The van der Waals surface area contributed by atoms with Gasteiger partial charge in [-0.05, 0) is 19.1 Å². The summed E-state index contributed by atoms with van der Waals surface area (Å²) in [6, 6.07) is 4.93. The fourth-order valence-corrected chi connectivity index (χ4v) is 1.65. The SMILES string of the molecule is Cc1c(F)c(F)c(Oc2ccccc2C(=O)O)c(F)c1F. The maximum atomic E-state index is 13.7. The van der Waals surface area contributed by atoms with Crippen molar-refractivity contribution in [2.75, 3.05) is 0 Å². The molecule has 1 N–H and O–H groups in total. The van der Waals surface area contributed by atoms with Gasteiger partial charge in [0.1, 0.15) is 11.3 Å². The van der Waals surface area contributed by atoms with Gasteiger partial charge in [-0.15, -0.1) is 0 Å². The summed E-state index contributed by atoms with van der Waals surface area (Å²) >= 11 is 0. The van der Waals surface area contributed by atoms with Gasteiger partial charge in [0.05, 0.1) is 0 Å². The predicted octanol–water partition coefficient (Wildman–Crippen LogP) is 4.04. The summed E-state index contributed by atoms with van der Waals surface area (Å²) in [7, 11) is 0. The van der Waals surface area contributed by atoms with E-state index in [9.17, 15) is 22.4 Å². The first-order valence-electron chi connectivity index (χ1n) is 5.67. The van der Waals surface area contributed by atoms with Crippen LogP contribution in [0.15, 0.2) is 24.3 Å². The highest BCUT2D eigenvalue weighted by Gasteiger charge is 2.26. The molecule has 0 heterocycles. The Kier molecular flexibility index (Phi) is 3.84. The van der Waals surface area contributed by atoms with E-state index in [1.807, 2.05) is 0 Å². The Labute approximate surface area is 116 Å². The highest BCUT2D eigenvalue weighted by atomic mass is 19.2. The summed E-state index contributed by atoms with van der Waals surface area (Å²) in [5.41, 5.74) is -1.23. The Morgan fingerprint density at radius 1 is 1.00 bits per heavy atom. The lowest BCUT2D eigenvalue weighted by Gasteiger charge is -2.12. The molecule has 110 valence electrons. The second kappa shape index (κ2) is 5.43. The van der Waals surface area contributed by atoms with Crippen molar-refractivity contribution in [3.63, 3.8) is 0 Å². The molecule has 0 fully saturated rings. The molecule has 0 saturated heterocycles. The molecule has 2 aromatic rings. The molecule has 0 aliphatic rings. The first-order valence-corrected chi connectivity index (χ1v) is 5.67. The standard InChI is InChI=1S/C14H8F4O3/c1-6-9(15)11(17)13(12(18)10(6)16)21-8-5-3-2-4-7(8)14(19)20/h2-5H,1H3,(H,19,20). The van der Waals surface area contributed by atoms with Crippen LogP contribution in [0.2, 0.25) is 0 Å². The Morgan fingerprint density at radius 3 is 2.05 bits per heavy atom. The topological polar surface area (TPSA) is 46.5 Å². The Balaban J connectivity index is 2.58. The van der Waals surface area contributed by atoms with Crippen molar-refractivity contribution in [2.24, 2.45) is 0 Å². The van der Waals surface area contributed by atoms with Crippen molar-refractivity contribution >= 4 is 5.97 Å². The lowest BCUT2D eigenvalue weighted by molar-refractivity contribution is 0.0694. The molecule has 0 radical (unpaired) electrons. The van der Waals surface area contributed by atoms with E-state index < -0.39 is 51.9 Å². The first kappa shape index (κ1) is 14.8. The lowest BCUT2D eigenvalue weighted by Crippen LogP contribution is -2.05. The normalized spacial score (nSPS) is 10.5. The summed E-state index contributed by atoms with van der Waals surface area (Å²) in [5.74, 6) is -9.85. The van der Waals surface area contributed by atoms with Crippen LogP contribution in [0.4, 0.5) is 17.6 Å². The molecule has 7 heteroatoms. The first-order chi connectivity index (χ1) is 9.84. The van der Waals surface area contributed by atoms with Gasteiger partial charge in [-0.25, -0.2) is 13.6 Å². The van der Waals surface area contributed by atoms with Gasteiger partial charge < -0.3 is 9.84 Å². The number of carbonyl (C=O) groups is 1. The van der Waals surface area contributed by atoms with Crippen LogP contribution in [-0.4, -0.2) is 11.1 Å². The number of hydrogen-bond donors (Lipinski definition) is 1. The third kappa shape index (κ3) is 2.54. The number of rotatable bonds is 3. The molecule has 0 aromatic heterocycles. The van der Waals surface area contributed by atoms with Crippen molar-refractivity contribution in [3.05, 3.63) is 58.7 Å². The zero-order valence-electron chi connectivity index (χ0n) is 10.6. The molecule has 0 aliphatic heterocycles. The van der Waals surface area contributed by atoms with Crippen molar-refractivity contribution in [1.82, 2.24) is 0 Å². The van der Waals surface area contributed by atoms with Crippen LogP contribution in [0.3, 0.4) is 0 Å². The van der Waals surface area contributed by atoms with Crippen LogP contribution in [0.1, 0.15) is 15.9 Å². The zero-order chi connectivity index (χ0) is 15.7. The third-order valence-corrected chi connectivity index (χ3v) is 2.77. The molecule has 0 saturated carbocycles. The highest BCUT2D eigenvalue weighted by Crippen LogP contribution is 2.34. The average Bonchev–Trinajstić information content (AvgIpc) is 2.48. The molecule has 2 rings (SSSR count). The van der Waals surface area contributed by atoms with E-state index in [1.165, 1.54) is 12.1 Å². The minimum absolute atomic E-state index is 0.405. The quantitative estimate of drug-likeness (QED) is 0.687. The van der Waals surface area contributed by atoms with E-state index in [1.54, 1.807) is 0 Å². The molecule has 0 aliphatic carbocycles. The van der Waals surface area contributed by atoms with E-state index in [4.69, 9.17) is 9.84 Å². The molecular weight excluding hydrogens is 292 g/mol. The Morgan fingerprint density at radius 2 is 1.52 bits per heavy atom. The highest BCUT2D eigenvalue weighted by molar-refractivity contribution is 5.90. The largest absolute Gasteiger partial charge is 0.478 e. The summed E-state index contributed by atoms with van der Waals surface area (Å²) in [6.07, 6.45) is 0. The van der Waals surface area contributed by atoms with Gasteiger partial charge in [-0.3, -0.25) is 0 Å².